The van der Waals surface area contributed by atoms with Crippen LogP contribution in [0.3, 0.4) is 0 Å². The number of aromatic nitrogens is 2. The molecule has 18 heavy (non-hydrogen) atoms. The number of thiazole rings is 1. The maximum Gasteiger partial charge on any atom is 0.275 e. The average molecular weight is 283 g/mol. The first-order valence-electron chi connectivity index (χ1n) is 4.81. The summed E-state index contributed by atoms with van der Waals surface area (Å²) in [5.41, 5.74) is 3.15. The summed E-state index contributed by atoms with van der Waals surface area (Å²) in [7, 11) is 0. The second kappa shape index (κ2) is 5.29. The standard InChI is InChI=1S/C9H9N5O2S2/c1-5-4-17-9(11-5)18-8-3-6(14(15)16)2-7(12-8)13-10/h2-4H,10H2,1H3,(H,12,13). The molecular weight excluding hydrogens is 274 g/mol. The summed E-state index contributed by atoms with van der Waals surface area (Å²) >= 11 is 2.73. The quantitative estimate of drug-likeness (QED) is 0.503. The first-order valence-corrected chi connectivity index (χ1v) is 6.51. The molecule has 9 heteroatoms. The van der Waals surface area contributed by atoms with Crippen LogP contribution < -0.4 is 11.3 Å². The van der Waals surface area contributed by atoms with E-state index in [1.165, 1.54) is 35.2 Å². The van der Waals surface area contributed by atoms with Crippen LogP contribution in [0.1, 0.15) is 5.69 Å². The summed E-state index contributed by atoms with van der Waals surface area (Å²) in [5.74, 6) is 5.48. The molecule has 0 unspecified atom stereocenters. The SMILES string of the molecule is Cc1csc(Sc2cc([N+](=O)[O-])cc(NN)n2)n1. The fraction of sp³-hybridized carbons (Fsp3) is 0.111. The van der Waals surface area contributed by atoms with Crippen LogP contribution in [-0.2, 0) is 0 Å². The van der Waals surface area contributed by atoms with Crippen LogP contribution in [0.5, 0.6) is 0 Å². The van der Waals surface area contributed by atoms with Crippen LogP contribution in [0, 0.1) is 17.0 Å². The Morgan fingerprint density at radius 3 is 2.83 bits per heavy atom. The molecule has 0 bridgehead atoms. The maximum absolute atomic E-state index is 10.8. The van der Waals surface area contributed by atoms with Crippen molar-refractivity contribution in [2.45, 2.75) is 16.3 Å². The number of rotatable bonds is 4. The van der Waals surface area contributed by atoms with Crippen LogP contribution >= 0.6 is 23.1 Å². The van der Waals surface area contributed by atoms with E-state index in [2.05, 4.69) is 15.4 Å². The molecule has 0 aromatic carbocycles. The van der Waals surface area contributed by atoms with Crippen molar-refractivity contribution in [3.63, 3.8) is 0 Å². The van der Waals surface area contributed by atoms with E-state index in [-0.39, 0.29) is 11.5 Å². The number of nitrogens with zero attached hydrogens (tertiary/aromatic N) is 3. The third-order valence-corrected chi connectivity index (χ3v) is 3.91. The Kier molecular flexibility index (Phi) is 3.75. The molecular formula is C9H9N5O2S2. The van der Waals surface area contributed by atoms with Crippen LogP contribution in [-0.4, -0.2) is 14.9 Å². The molecule has 0 aliphatic rings. The van der Waals surface area contributed by atoms with Crippen molar-refractivity contribution >= 4 is 34.6 Å². The highest BCUT2D eigenvalue weighted by atomic mass is 32.2. The minimum atomic E-state index is -0.486. The van der Waals surface area contributed by atoms with Gasteiger partial charge in [0.25, 0.3) is 5.69 Å². The van der Waals surface area contributed by atoms with Gasteiger partial charge in [-0.2, -0.15) is 0 Å². The average Bonchev–Trinajstić information content (AvgIpc) is 2.74. The van der Waals surface area contributed by atoms with E-state index in [9.17, 15) is 10.1 Å². The Bertz CT molecular complexity index is 586. The lowest BCUT2D eigenvalue weighted by Crippen LogP contribution is -2.09. The summed E-state index contributed by atoms with van der Waals surface area (Å²) in [6, 6.07) is 2.67. The highest BCUT2D eigenvalue weighted by molar-refractivity contribution is 8.01. The van der Waals surface area contributed by atoms with E-state index in [0.29, 0.717) is 5.03 Å². The predicted octanol–water partition coefficient (Wildman–Crippen LogP) is 2.19. The lowest BCUT2D eigenvalue weighted by Gasteiger charge is -2.02. The molecule has 94 valence electrons. The molecule has 2 aromatic heterocycles. The van der Waals surface area contributed by atoms with Crippen LogP contribution in [0.4, 0.5) is 11.5 Å². The highest BCUT2D eigenvalue weighted by Crippen LogP contribution is 2.31. The zero-order valence-electron chi connectivity index (χ0n) is 9.28. The first-order chi connectivity index (χ1) is 8.58. The first kappa shape index (κ1) is 12.7. The molecule has 0 amide bonds. The van der Waals surface area contributed by atoms with Gasteiger partial charge in [0.15, 0.2) is 4.34 Å². The smallest absolute Gasteiger partial charge is 0.275 e. The fourth-order valence-corrected chi connectivity index (χ4v) is 3.00. The molecule has 3 N–H and O–H groups in total. The monoisotopic (exact) mass is 283 g/mol. The van der Waals surface area contributed by atoms with Gasteiger partial charge in [0.05, 0.1) is 11.0 Å². The van der Waals surface area contributed by atoms with Gasteiger partial charge in [-0.05, 0) is 18.7 Å². The fourth-order valence-electron chi connectivity index (χ4n) is 1.19. The number of nitro groups is 1. The van der Waals surface area contributed by atoms with Crippen molar-refractivity contribution in [1.29, 1.82) is 0 Å². The van der Waals surface area contributed by atoms with Crippen molar-refractivity contribution in [3.8, 4) is 0 Å². The van der Waals surface area contributed by atoms with Gasteiger partial charge in [0.1, 0.15) is 10.8 Å². The van der Waals surface area contributed by atoms with Crippen molar-refractivity contribution in [3.05, 3.63) is 33.3 Å². The summed E-state index contributed by atoms with van der Waals surface area (Å²) in [5, 5.41) is 13.1. The van der Waals surface area contributed by atoms with Crippen molar-refractivity contribution in [1.82, 2.24) is 9.97 Å². The lowest BCUT2D eigenvalue weighted by molar-refractivity contribution is -0.385. The lowest BCUT2D eigenvalue weighted by atomic mass is 10.4. The Labute approximate surface area is 111 Å². The van der Waals surface area contributed by atoms with E-state index in [4.69, 9.17) is 5.84 Å². The molecule has 7 nitrogen and oxygen atoms in total. The van der Waals surface area contributed by atoms with Crippen LogP contribution in [0.2, 0.25) is 0 Å². The van der Waals surface area contributed by atoms with Crippen molar-refractivity contribution < 1.29 is 4.92 Å². The zero-order chi connectivity index (χ0) is 13.1. The number of hydrazine groups is 1. The Balaban J connectivity index is 2.32. The van der Waals surface area contributed by atoms with Crippen molar-refractivity contribution in [2.24, 2.45) is 5.84 Å². The highest BCUT2D eigenvalue weighted by Gasteiger charge is 2.12. The van der Waals surface area contributed by atoms with Gasteiger partial charge in [-0.1, -0.05) is 0 Å². The molecule has 0 fully saturated rings. The van der Waals surface area contributed by atoms with E-state index in [1.54, 1.807) is 0 Å². The Hall–Kier alpha value is -1.71. The molecule has 0 spiro atoms. The number of hydrogen-bond donors (Lipinski definition) is 2. The maximum atomic E-state index is 10.8. The van der Waals surface area contributed by atoms with E-state index >= 15 is 0 Å². The number of anilines is 1. The third-order valence-electron chi connectivity index (χ3n) is 1.94. The summed E-state index contributed by atoms with van der Waals surface area (Å²) in [6.45, 7) is 1.88. The molecule has 0 saturated heterocycles. The molecule has 0 atom stereocenters. The normalized spacial score (nSPS) is 10.3. The zero-order valence-corrected chi connectivity index (χ0v) is 10.9. The molecule has 0 saturated carbocycles. The molecule has 2 aromatic rings. The summed E-state index contributed by atoms with van der Waals surface area (Å²) in [4.78, 5) is 18.7. The summed E-state index contributed by atoms with van der Waals surface area (Å²) in [6.07, 6.45) is 0. The van der Waals surface area contributed by atoms with Gasteiger partial charge in [-0.3, -0.25) is 10.1 Å². The minimum Gasteiger partial charge on any atom is -0.308 e. The second-order valence-corrected chi connectivity index (χ2v) is 5.43. The number of aryl methyl sites for hydroxylation is 1. The van der Waals surface area contributed by atoms with Crippen LogP contribution in [0.15, 0.2) is 26.9 Å². The third kappa shape index (κ3) is 2.94. The Morgan fingerprint density at radius 2 is 2.28 bits per heavy atom. The van der Waals surface area contributed by atoms with Gasteiger partial charge in [0.2, 0.25) is 0 Å². The molecule has 0 aliphatic carbocycles. The van der Waals surface area contributed by atoms with Gasteiger partial charge < -0.3 is 5.43 Å². The van der Waals surface area contributed by atoms with Gasteiger partial charge in [0, 0.05) is 17.1 Å². The Morgan fingerprint density at radius 1 is 1.50 bits per heavy atom. The summed E-state index contributed by atoms with van der Waals surface area (Å²) < 4.78 is 0.781. The predicted molar refractivity (Wildman–Crippen MR) is 69.7 cm³/mol. The van der Waals surface area contributed by atoms with Gasteiger partial charge in [-0.25, -0.2) is 15.8 Å². The van der Waals surface area contributed by atoms with Gasteiger partial charge >= 0.3 is 0 Å². The number of hydrogen-bond acceptors (Lipinski definition) is 8. The van der Waals surface area contributed by atoms with Crippen LogP contribution in [0.25, 0.3) is 0 Å². The number of nitrogen functional groups attached to an aromatic ring is 1. The molecule has 0 aliphatic heterocycles. The second-order valence-electron chi connectivity index (χ2n) is 3.31. The number of nitrogens with one attached hydrogen (secondary N) is 1. The van der Waals surface area contributed by atoms with Crippen molar-refractivity contribution in [2.75, 3.05) is 5.43 Å². The minimum absolute atomic E-state index is 0.0614. The van der Waals surface area contributed by atoms with E-state index in [1.807, 2.05) is 12.3 Å². The van der Waals surface area contributed by atoms with Gasteiger partial charge in [-0.15, -0.1) is 11.3 Å². The number of pyridine rings is 1. The largest absolute Gasteiger partial charge is 0.308 e. The topological polar surface area (TPSA) is 107 Å². The molecule has 0 radical (unpaired) electrons. The molecule has 2 heterocycles. The molecule has 2 rings (SSSR count). The van der Waals surface area contributed by atoms with E-state index in [0.717, 1.165) is 10.0 Å². The number of nitrogens with two attached hydrogens (primary N) is 1. The van der Waals surface area contributed by atoms with E-state index < -0.39 is 4.92 Å².